The van der Waals surface area contributed by atoms with Crippen LogP contribution in [0.25, 0.3) is 0 Å². The molecule has 2 rings (SSSR count). The van der Waals surface area contributed by atoms with Gasteiger partial charge in [0.15, 0.2) is 6.61 Å². The molecule has 1 saturated carbocycles. The van der Waals surface area contributed by atoms with Crippen molar-refractivity contribution in [2.45, 2.75) is 24.9 Å². The van der Waals surface area contributed by atoms with Crippen LogP contribution in [0.1, 0.15) is 30.0 Å². The molecule has 0 aliphatic heterocycles. The second-order valence-corrected chi connectivity index (χ2v) is 3.90. The van der Waals surface area contributed by atoms with E-state index >= 15 is 0 Å². The van der Waals surface area contributed by atoms with E-state index < -0.39 is 12.8 Å². The van der Waals surface area contributed by atoms with Crippen molar-refractivity contribution in [3.05, 3.63) is 23.5 Å². The van der Waals surface area contributed by atoms with Crippen LogP contribution < -0.4 is 4.74 Å². The highest BCUT2D eigenvalue weighted by Gasteiger charge is 2.31. The zero-order chi connectivity index (χ0) is 12.5. The average Bonchev–Trinajstić information content (AvgIpc) is 3.09. The molecule has 1 aromatic heterocycles. The molecule has 0 unspecified atom stereocenters. The van der Waals surface area contributed by atoms with E-state index in [4.69, 9.17) is 10.00 Å². The monoisotopic (exact) mass is 242 g/mol. The topological polar surface area (TPSA) is 45.9 Å². The quantitative estimate of drug-likeness (QED) is 0.818. The second-order valence-electron chi connectivity index (χ2n) is 3.90. The van der Waals surface area contributed by atoms with Gasteiger partial charge in [0.2, 0.25) is 0 Å². The fourth-order valence-electron chi connectivity index (χ4n) is 1.49. The first-order valence-corrected chi connectivity index (χ1v) is 5.09. The van der Waals surface area contributed by atoms with Gasteiger partial charge in [-0.05, 0) is 18.8 Å². The molecule has 1 aliphatic rings. The van der Waals surface area contributed by atoms with Gasteiger partial charge in [0.25, 0.3) is 0 Å². The molecule has 3 nitrogen and oxygen atoms in total. The van der Waals surface area contributed by atoms with Crippen molar-refractivity contribution in [1.29, 1.82) is 5.26 Å². The SMILES string of the molecule is N#Cc1cc(OCC(F)(F)F)c(C2CC2)cn1. The molecule has 0 atom stereocenters. The normalized spacial score (nSPS) is 15.4. The molecular formula is C11H9F3N2O. The zero-order valence-electron chi connectivity index (χ0n) is 8.79. The summed E-state index contributed by atoms with van der Waals surface area (Å²) in [6, 6.07) is 3.04. The van der Waals surface area contributed by atoms with Crippen LogP contribution in [0.4, 0.5) is 13.2 Å². The summed E-state index contributed by atoms with van der Waals surface area (Å²) in [5, 5.41) is 8.64. The van der Waals surface area contributed by atoms with Crippen LogP contribution >= 0.6 is 0 Å². The van der Waals surface area contributed by atoms with Crippen LogP contribution in [0.2, 0.25) is 0 Å². The lowest BCUT2D eigenvalue weighted by Gasteiger charge is -2.12. The maximum absolute atomic E-state index is 12.1. The standard InChI is InChI=1S/C11H9F3N2O/c12-11(13,14)6-17-10-3-8(4-15)16-5-9(10)7-1-2-7/h3,5,7H,1-2,6H2. The highest BCUT2D eigenvalue weighted by Crippen LogP contribution is 2.44. The van der Waals surface area contributed by atoms with Crippen molar-refractivity contribution in [1.82, 2.24) is 4.98 Å². The Morgan fingerprint density at radius 3 is 2.71 bits per heavy atom. The molecule has 90 valence electrons. The molecule has 1 aromatic rings. The van der Waals surface area contributed by atoms with E-state index in [0.717, 1.165) is 12.8 Å². The molecule has 17 heavy (non-hydrogen) atoms. The number of nitrogens with zero attached hydrogens (tertiary/aromatic N) is 2. The van der Waals surface area contributed by atoms with Crippen molar-refractivity contribution in [2.75, 3.05) is 6.61 Å². The van der Waals surface area contributed by atoms with Gasteiger partial charge >= 0.3 is 6.18 Å². The van der Waals surface area contributed by atoms with Crippen molar-refractivity contribution in [3.8, 4) is 11.8 Å². The molecule has 0 N–H and O–H groups in total. The minimum atomic E-state index is -4.38. The first kappa shape index (κ1) is 11.7. The Bertz CT molecular complexity index is 461. The highest BCUT2D eigenvalue weighted by atomic mass is 19.4. The molecule has 0 saturated heterocycles. The average molecular weight is 242 g/mol. The molecule has 0 radical (unpaired) electrons. The predicted octanol–water partition coefficient (Wildman–Crippen LogP) is 2.77. The lowest BCUT2D eigenvalue weighted by atomic mass is 10.1. The maximum atomic E-state index is 12.1. The summed E-state index contributed by atoms with van der Waals surface area (Å²) in [7, 11) is 0. The van der Waals surface area contributed by atoms with Crippen molar-refractivity contribution in [2.24, 2.45) is 0 Å². The summed E-state index contributed by atoms with van der Waals surface area (Å²) < 4.78 is 40.9. The van der Waals surface area contributed by atoms with Crippen LogP contribution in [0, 0.1) is 11.3 Å². The molecule has 1 heterocycles. The number of ether oxygens (including phenoxy) is 1. The Labute approximate surface area is 95.8 Å². The third-order valence-corrected chi connectivity index (χ3v) is 2.42. The molecule has 0 spiro atoms. The van der Waals surface area contributed by atoms with Gasteiger partial charge in [-0.2, -0.15) is 18.4 Å². The molecule has 0 amide bonds. The number of nitriles is 1. The van der Waals surface area contributed by atoms with Crippen LogP contribution in [-0.4, -0.2) is 17.8 Å². The van der Waals surface area contributed by atoms with Gasteiger partial charge in [0, 0.05) is 17.8 Å². The number of alkyl halides is 3. The maximum Gasteiger partial charge on any atom is 0.422 e. The summed E-state index contributed by atoms with van der Waals surface area (Å²) in [6.07, 6.45) is -1.09. The summed E-state index contributed by atoms with van der Waals surface area (Å²) in [4.78, 5) is 3.84. The van der Waals surface area contributed by atoms with E-state index in [0.29, 0.717) is 5.56 Å². The number of aromatic nitrogens is 1. The lowest BCUT2D eigenvalue weighted by Crippen LogP contribution is -2.19. The Balaban J connectivity index is 2.20. The zero-order valence-corrected chi connectivity index (χ0v) is 8.79. The Kier molecular flexibility index (Phi) is 2.92. The van der Waals surface area contributed by atoms with Gasteiger partial charge in [-0.15, -0.1) is 0 Å². The molecule has 1 fully saturated rings. The Hall–Kier alpha value is -1.77. The molecule has 0 aromatic carbocycles. The van der Waals surface area contributed by atoms with Crippen LogP contribution in [-0.2, 0) is 0 Å². The largest absolute Gasteiger partial charge is 0.484 e. The minimum absolute atomic E-state index is 0.0616. The summed E-state index contributed by atoms with van der Waals surface area (Å²) in [5.41, 5.74) is 0.722. The van der Waals surface area contributed by atoms with Crippen molar-refractivity contribution >= 4 is 0 Å². The number of rotatable bonds is 3. The first-order valence-electron chi connectivity index (χ1n) is 5.09. The molecule has 6 heteroatoms. The smallest absolute Gasteiger partial charge is 0.422 e. The molecule has 1 aliphatic carbocycles. The second kappa shape index (κ2) is 4.24. The number of pyridine rings is 1. The fourth-order valence-corrected chi connectivity index (χ4v) is 1.49. The van der Waals surface area contributed by atoms with E-state index in [1.54, 1.807) is 6.07 Å². The first-order chi connectivity index (χ1) is 7.99. The van der Waals surface area contributed by atoms with E-state index in [-0.39, 0.29) is 17.4 Å². The minimum Gasteiger partial charge on any atom is -0.484 e. The summed E-state index contributed by atoms with van der Waals surface area (Å²) in [6.45, 7) is -1.35. The third-order valence-electron chi connectivity index (χ3n) is 2.42. The number of hydrogen-bond donors (Lipinski definition) is 0. The Morgan fingerprint density at radius 1 is 1.47 bits per heavy atom. The van der Waals surface area contributed by atoms with Crippen LogP contribution in [0.3, 0.4) is 0 Å². The van der Waals surface area contributed by atoms with Gasteiger partial charge in [0.05, 0.1) is 0 Å². The van der Waals surface area contributed by atoms with Crippen LogP contribution in [0.5, 0.6) is 5.75 Å². The van der Waals surface area contributed by atoms with Gasteiger partial charge in [-0.3, -0.25) is 0 Å². The van der Waals surface area contributed by atoms with E-state index in [2.05, 4.69) is 4.98 Å². The van der Waals surface area contributed by atoms with Gasteiger partial charge < -0.3 is 4.74 Å². The van der Waals surface area contributed by atoms with Crippen molar-refractivity contribution < 1.29 is 17.9 Å². The van der Waals surface area contributed by atoms with Gasteiger partial charge in [-0.25, -0.2) is 4.98 Å². The molecular weight excluding hydrogens is 233 g/mol. The van der Waals surface area contributed by atoms with Gasteiger partial charge in [-0.1, -0.05) is 0 Å². The van der Waals surface area contributed by atoms with E-state index in [1.807, 2.05) is 0 Å². The van der Waals surface area contributed by atoms with Crippen molar-refractivity contribution in [3.63, 3.8) is 0 Å². The number of halogens is 3. The Morgan fingerprint density at radius 2 is 2.18 bits per heavy atom. The summed E-state index contributed by atoms with van der Waals surface area (Å²) >= 11 is 0. The van der Waals surface area contributed by atoms with Crippen LogP contribution in [0.15, 0.2) is 12.3 Å². The molecule has 0 bridgehead atoms. The van der Waals surface area contributed by atoms with E-state index in [9.17, 15) is 13.2 Å². The highest BCUT2D eigenvalue weighted by molar-refractivity contribution is 5.41. The van der Waals surface area contributed by atoms with E-state index in [1.165, 1.54) is 12.3 Å². The lowest BCUT2D eigenvalue weighted by molar-refractivity contribution is -0.153. The fraction of sp³-hybridized carbons (Fsp3) is 0.455. The number of hydrogen-bond acceptors (Lipinski definition) is 3. The third kappa shape index (κ3) is 3.09. The summed E-state index contributed by atoms with van der Waals surface area (Å²) in [5.74, 6) is 0.342. The van der Waals surface area contributed by atoms with Gasteiger partial charge in [0.1, 0.15) is 17.5 Å². The predicted molar refractivity (Wildman–Crippen MR) is 52.5 cm³/mol.